The molecule has 2 fully saturated rings. The summed E-state index contributed by atoms with van der Waals surface area (Å²) in [7, 11) is 5.86. The van der Waals surface area contributed by atoms with Gasteiger partial charge in [0.25, 0.3) is 5.91 Å². The Morgan fingerprint density at radius 3 is 2.56 bits per heavy atom. The van der Waals surface area contributed by atoms with Gasteiger partial charge >= 0.3 is 5.97 Å². The maximum Gasteiger partial charge on any atom is 0.339 e. The second kappa shape index (κ2) is 7.58. The summed E-state index contributed by atoms with van der Waals surface area (Å²) in [6.45, 7) is 0.457. The molecule has 6 rings (SSSR count). The van der Waals surface area contributed by atoms with Crippen molar-refractivity contribution in [2.24, 2.45) is 5.92 Å². The zero-order chi connectivity index (χ0) is 25.4. The Morgan fingerprint density at radius 2 is 1.86 bits per heavy atom. The highest BCUT2D eigenvalue weighted by molar-refractivity contribution is 6.09. The van der Waals surface area contributed by atoms with Crippen LogP contribution in [0, 0.1) is 5.92 Å². The lowest BCUT2D eigenvalue weighted by atomic mass is 9.83. The lowest BCUT2D eigenvalue weighted by molar-refractivity contribution is 0.0599. The Morgan fingerprint density at radius 1 is 1.08 bits per heavy atom. The highest BCUT2D eigenvalue weighted by Crippen LogP contribution is 2.66. The fraction of sp³-hybridized carbons (Fsp3) is 0.308. The Balaban J connectivity index is 1.41. The minimum atomic E-state index is -0.522. The van der Waals surface area contributed by atoms with Crippen LogP contribution in [0.5, 0.6) is 17.2 Å². The van der Waals surface area contributed by atoms with E-state index in [0.717, 1.165) is 11.8 Å². The van der Waals surface area contributed by atoms with Crippen LogP contribution in [0.25, 0.3) is 10.9 Å². The molecule has 1 amide bonds. The zero-order valence-electron chi connectivity index (χ0n) is 20.1. The van der Waals surface area contributed by atoms with Crippen molar-refractivity contribution in [2.75, 3.05) is 35.0 Å². The van der Waals surface area contributed by atoms with Crippen LogP contribution in [0.1, 0.15) is 43.3 Å². The molecule has 1 saturated heterocycles. The first kappa shape index (κ1) is 22.1. The van der Waals surface area contributed by atoms with E-state index in [9.17, 15) is 14.4 Å². The van der Waals surface area contributed by atoms with E-state index in [0.29, 0.717) is 52.0 Å². The number of aromatic amines is 1. The van der Waals surface area contributed by atoms with Gasteiger partial charge in [-0.15, -0.1) is 0 Å². The number of hydrogen-bond acceptors (Lipinski definition) is 8. The van der Waals surface area contributed by atoms with E-state index in [1.165, 1.54) is 40.7 Å². The molecule has 3 aliphatic rings. The predicted molar refractivity (Wildman–Crippen MR) is 127 cm³/mol. The number of ketones is 1. The Bertz CT molecular complexity index is 1520. The highest BCUT2D eigenvalue weighted by Gasteiger charge is 2.67. The number of rotatable bonds is 5. The van der Waals surface area contributed by atoms with Gasteiger partial charge in [-0.3, -0.25) is 14.6 Å². The first-order valence-electron chi connectivity index (χ1n) is 11.4. The van der Waals surface area contributed by atoms with Gasteiger partial charge in [-0.1, -0.05) is 0 Å². The molecule has 0 bridgehead atoms. The molecule has 3 heterocycles. The van der Waals surface area contributed by atoms with Crippen molar-refractivity contribution in [3.05, 3.63) is 58.7 Å². The number of H-pyrrole nitrogens is 1. The fourth-order valence-electron chi connectivity index (χ4n) is 5.72. The first-order chi connectivity index (χ1) is 17.4. The molecule has 2 aliphatic carbocycles. The van der Waals surface area contributed by atoms with Crippen molar-refractivity contribution >= 4 is 28.6 Å². The molecule has 0 unspecified atom stereocenters. The molecule has 2 atom stereocenters. The number of likely N-dealkylation sites (tertiary alicyclic amines) is 1. The molecular formula is C26H23N3O7. The Hall–Kier alpha value is -4.34. The number of methoxy groups -OCH3 is 4. The number of benzene rings is 1. The topological polar surface area (TPSA) is 120 Å². The van der Waals surface area contributed by atoms with E-state index in [-0.39, 0.29) is 23.2 Å². The van der Waals surface area contributed by atoms with E-state index >= 15 is 0 Å². The van der Waals surface area contributed by atoms with Crippen LogP contribution in [-0.2, 0) is 10.2 Å². The summed E-state index contributed by atoms with van der Waals surface area (Å²) < 4.78 is 21.3. The standard InChI is InChI=1S/C26H23N3O7/c1-33-18-7-12-6-16(28-20(12)23(35-3)22(18)34-2)24(31)29-11-14-9-26(14)15-5-13(25(32)36-4)10-27-21(15)17(30)8-19(26)29/h5-8,10,14,28H,9,11H2,1-4H3/t14-,26-/m0/s1. The largest absolute Gasteiger partial charge is 0.493 e. The molecule has 1 aliphatic heterocycles. The molecule has 10 heteroatoms. The fourth-order valence-corrected chi connectivity index (χ4v) is 5.72. The van der Waals surface area contributed by atoms with Gasteiger partial charge in [-0.25, -0.2) is 4.79 Å². The van der Waals surface area contributed by atoms with Gasteiger partial charge < -0.3 is 28.8 Å². The van der Waals surface area contributed by atoms with E-state index in [4.69, 9.17) is 18.9 Å². The highest BCUT2D eigenvalue weighted by atomic mass is 16.5. The van der Waals surface area contributed by atoms with Gasteiger partial charge in [0, 0.05) is 35.3 Å². The van der Waals surface area contributed by atoms with Crippen LogP contribution in [0.3, 0.4) is 0 Å². The SMILES string of the molecule is COC(=O)c1cnc2c(c1)[C@]13C[C@H]1CN(C(=O)c1cc4cc(OC)c(OC)c(OC)c4[nH]1)C3=CC2=O. The number of ether oxygens (including phenoxy) is 4. The number of esters is 1. The number of hydrogen-bond donors (Lipinski definition) is 1. The summed E-state index contributed by atoms with van der Waals surface area (Å²) in [6, 6.07) is 5.18. The Labute approximate surface area is 205 Å². The average molecular weight is 489 g/mol. The number of amides is 1. The number of nitrogens with one attached hydrogen (secondary N) is 1. The molecule has 1 N–H and O–H groups in total. The van der Waals surface area contributed by atoms with Crippen LogP contribution in [-0.4, -0.2) is 67.5 Å². The number of allylic oxidation sites excluding steroid dienone is 2. The van der Waals surface area contributed by atoms with Crippen molar-refractivity contribution in [1.82, 2.24) is 14.9 Å². The minimum absolute atomic E-state index is 0.133. The van der Waals surface area contributed by atoms with Crippen LogP contribution in [0.4, 0.5) is 0 Å². The van der Waals surface area contributed by atoms with Crippen LogP contribution < -0.4 is 14.2 Å². The maximum absolute atomic E-state index is 13.7. The number of carbonyl (C=O) groups is 3. The molecule has 0 radical (unpaired) electrons. The second-order valence-corrected chi connectivity index (χ2v) is 9.09. The van der Waals surface area contributed by atoms with Gasteiger partial charge in [0.2, 0.25) is 11.5 Å². The third-order valence-corrected chi connectivity index (χ3v) is 7.44. The minimum Gasteiger partial charge on any atom is -0.493 e. The van der Waals surface area contributed by atoms with Gasteiger partial charge in [0.1, 0.15) is 11.4 Å². The van der Waals surface area contributed by atoms with Crippen molar-refractivity contribution in [2.45, 2.75) is 11.8 Å². The number of fused-ring (bicyclic) bond motifs is 2. The average Bonchev–Trinajstić information content (AvgIpc) is 3.29. The number of piperidine rings is 1. The summed E-state index contributed by atoms with van der Waals surface area (Å²) in [5.74, 6) is 0.374. The number of aromatic nitrogens is 2. The molecule has 2 aromatic heterocycles. The van der Waals surface area contributed by atoms with Crippen molar-refractivity contribution in [3.63, 3.8) is 0 Å². The van der Waals surface area contributed by atoms with E-state index in [1.807, 2.05) is 0 Å². The van der Waals surface area contributed by atoms with Gasteiger partial charge in [-0.05, 0) is 36.1 Å². The second-order valence-electron chi connectivity index (χ2n) is 9.09. The smallest absolute Gasteiger partial charge is 0.339 e. The molecule has 184 valence electrons. The molecule has 1 saturated carbocycles. The van der Waals surface area contributed by atoms with Gasteiger partial charge in [-0.2, -0.15) is 0 Å². The molecule has 1 aromatic carbocycles. The lowest BCUT2D eigenvalue weighted by Crippen LogP contribution is -2.34. The van der Waals surface area contributed by atoms with Gasteiger partial charge in [0.15, 0.2) is 11.5 Å². The summed E-state index contributed by atoms with van der Waals surface area (Å²) in [4.78, 5) is 47.9. The van der Waals surface area contributed by atoms with Crippen LogP contribution in [0.15, 0.2) is 36.2 Å². The van der Waals surface area contributed by atoms with Crippen LogP contribution >= 0.6 is 0 Å². The Kier molecular flexibility index (Phi) is 4.66. The molecular weight excluding hydrogens is 466 g/mol. The van der Waals surface area contributed by atoms with E-state index in [2.05, 4.69) is 9.97 Å². The predicted octanol–water partition coefficient (Wildman–Crippen LogP) is 2.87. The number of pyridine rings is 1. The summed E-state index contributed by atoms with van der Waals surface area (Å²) in [6.07, 6.45) is 3.64. The van der Waals surface area contributed by atoms with Gasteiger partial charge in [0.05, 0.1) is 39.5 Å². The van der Waals surface area contributed by atoms with Crippen LogP contribution in [0.2, 0.25) is 0 Å². The molecule has 10 nitrogen and oxygen atoms in total. The molecule has 1 spiro atoms. The van der Waals surface area contributed by atoms with E-state index < -0.39 is 11.4 Å². The zero-order valence-corrected chi connectivity index (χ0v) is 20.1. The van der Waals surface area contributed by atoms with Crippen molar-refractivity contribution in [1.29, 1.82) is 0 Å². The molecule has 36 heavy (non-hydrogen) atoms. The number of carbonyl (C=O) groups excluding carboxylic acids is 3. The normalized spacial score (nSPS) is 21.3. The summed E-state index contributed by atoms with van der Waals surface area (Å²) in [5.41, 5.74) is 2.35. The van der Waals surface area contributed by atoms with E-state index in [1.54, 1.807) is 23.1 Å². The maximum atomic E-state index is 13.7. The number of nitrogens with zero attached hydrogens (tertiary/aromatic N) is 2. The third-order valence-electron chi connectivity index (χ3n) is 7.44. The molecule has 3 aromatic rings. The third kappa shape index (κ3) is 2.78. The van der Waals surface area contributed by atoms with Crippen molar-refractivity contribution in [3.8, 4) is 17.2 Å². The quantitative estimate of drug-likeness (QED) is 0.544. The summed E-state index contributed by atoms with van der Waals surface area (Å²) in [5, 5.41) is 0.720. The van der Waals surface area contributed by atoms with Crippen molar-refractivity contribution < 1.29 is 33.3 Å². The monoisotopic (exact) mass is 489 g/mol. The first-order valence-corrected chi connectivity index (χ1v) is 11.4. The summed E-state index contributed by atoms with van der Waals surface area (Å²) >= 11 is 0. The lowest BCUT2D eigenvalue weighted by Gasteiger charge is -2.28.